The Hall–Kier alpha value is -1.10. The molecule has 0 bridgehead atoms. The van der Waals surface area contributed by atoms with Crippen LogP contribution in [0, 0.1) is 0 Å². The first-order valence-electron chi connectivity index (χ1n) is 24.2. The summed E-state index contributed by atoms with van der Waals surface area (Å²) >= 11 is 0. The Kier molecular flexibility index (Phi) is 41.2. The standard InChI is InChI=1S/C48H97N3O2/c1-6-9-12-15-18-21-30-37-44-50(5)47(52)40-33-26-24-28-35-42-49(4)43-36-29-25-27-34-41-48(53)51(45-38-31-22-19-16-13-10-7-2)46-39-32-23-20-17-14-11-8-3/h6-46H2,1-5H3. The Morgan fingerprint density at radius 2 is 0.566 bits per heavy atom. The maximum Gasteiger partial charge on any atom is 0.222 e. The predicted molar refractivity (Wildman–Crippen MR) is 235 cm³/mol. The van der Waals surface area contributed by atoms with E-state index >= 15 is 0 Å². The summed E-state index contributed by atoms with van der Waals surface area (Å²) in [6, 6.07) is 0. The molecule has 0 spiro atoms. The summed E-state index contributed by atoms with van der Waals surface area (Å²) in [5.41, 5.74) is 0. The fraction of sp³-hybridized carbons (Fsp3) is 0.958. The third-order valence-corrected chi connectivity index (χ3v) is 11.5. The van der Waals surface area contributed by atoms with Crippen molar-refractivity contribution in [2.75, 3.05) is 46.8 Å². The van der Waals surface area contributed by atoms with E-state index in [1.165, 1.54) is 212 Å². The van der Waals surface area contributed by atoms with Gasteiger partial charge in [0.05, 0.1) is 0 Å². The van der Waals surface area contributed by atoms with Crippen molar-refractivity contribution in [1.82, 2.24) is 14.7 Å². The Bertz CT molecular complexity index is 739. The van der Waals surface area contributed by atoms with Gasteiger partial charge in [-0.2, -0.15) is 0 Å². The molecule has 316 valence electrons. The fourth-order valence-corrected chi connectivity index (χ4v) is 7.68. The smallest absolute Gasteiger partial charge is 0.222 e. The van der Waals surface area contributed by atoms with Gasteiger partial charge in [0.1, 0.15) is 0 Å². The van der Waals surface area contributed by atoms with Crippen molar-refractivity contribution in [3.63, 3.8) is 0 Å². The molecule has 0 aliphatic rings. The van der Waals surface area contributed by atoms with Crippen LogP contribution in [0.25, 0.3) is 0 Å². The molecule has 0 atom stereocenters. The van der Waals surface area contributed by atoms with Gasteiger partial charge in [0, 0.05) is 39.5 Å². The van der Waals surface area contributed by atoms with E-state index in [2.05, 4.69) is 37.6 Å². The lowest BCUT2D eigenvalue weighted by atomic mass is 10.1. The average molecular weight is 748 g/mol. The molecule has 0 rings (SSSR count). The zero-order chi connectivity index (χ0) is 38.9. The minimum atomic E-state index is 0.337. The van der Waals surface area contributed by atoms with E-state index in [0.717, 1.165) is 51.7 Å². The second kappa shape index (κ2) is 42.1. The molecule has 0 aromatic heterocycles. The largest absolute Gasteiger partial charge is 0.346 e. The van der Waals surface area contributed by atoms with Gasteiger partial charge in [-0.15, -0.1) is 0 Å². The van der Waals surface area contributed by atoms with E-state index in [9.17, 15) is 9.59 Å². The van der Waals surface area contributed by atoms with Crippen LogP contribution in [-0.2, 0) is 9.59 Å². The van der Waals surface area contributed by atoms with Gasteiger partial charge in [-0.25, -0.2) is 0 Å². The van der Waals surface area contributed by atoms with Crippen LogP contribution in [0.15, 0.2) is 0 Å². The molecule has 0 unspecified atom stereocenters. The number of unbranched alkanes of at least 4 members (excludes halogenated alkanes) is 29. The van der Waals surface area contributed by atoms with E-state index < -0.39 is 0 Å². The Morgan fingerprint density at radius 3 is 0.925 bits per heavy atom. The van der Waals surface area contributed by atoms with Crippen LogP contribution in [0.1, 0.15) is 252 Å². The van der Waals surface area contributed by atoms with E-state index in [-0.39, 0.29) is 0 Å². The predicted octanol–water partition coefficient (Wildman–Crippen LogP) is 14.3. The molecular weight excluding hydrogens is 651 g/mol. The second-order valence-corrected chi connectivity index (χ2v) is 17.0. The van der Waals surface area contributed by atoms with E-state index in [0.29, 0.717) is 11.8 Å². The van der Waals surface area contributed by atoms with Gasteiger partial charge in [0.15, 0.2) is 0 Å². The van der Waals surface area contributed by atoms with E-state index in [4.69, 9.17) is 0 Å². The SMILES string of the molecule is CCCCCCCCCCN(C)C(=O)CCCCCCCN(C)CCCCCCCC(=O)N(CCCCCCCCCC)CCCCCCCCCC. The van der Waals surface area contributed by atoms with Crippen molar-refractivity contribution in [3.05, 3.63) is 0 Å². The molecular formula is C48H97N3O2. The molecule has 0 aromatic rings. The Morgan fingerprint density at radius 1 is 0.302 bits per heavy atom. The van der Waals surface area contributed by atoms with Crippen LogP contribution in [0.5, 0.6) is 0 Å². The second-order valence-electron chi connectivity index (χ2n) is 17.0. The first-order valence-corrected chi connectivity index (χ1v) is 24.2. The van der Waals surface area contributed by atoms with Gasteiger partial charge in [0.25, 0.3) is 0 Å². The van der Waals surface area contributed by atoms with Gasteiger partial charge < -0.3 is 14.7 Å². The highest BCUT2D eigenvalue weighted by molar-refractivity contribution is 5.76. The molecule has 5 heteroatoms. The Balaban J connectivity index is 3.92. The molecule has 0 saturated heterocycles. The van der Waals surface area contributed by atoms with Gasteiger partial charge >= 0.3 is 0 Å². The number of carbonyl (C=O) groups is 2. The van der Waals surface area contributed by atoms with Crippen molar-refractivity contribution in [3.8, 4) is 0 Å². The topological polar surface area (TPSA) is 43.9 Å². The quantitative estimate of drug-likeness (QED) is 0.0583. The van der Waals surface area contributed by atoms with Crippen LogP contribution in [0.2, 0.25) is 0 Å². The van der Waals surface area contributed by atoms with Crippen LogP contribution in [-0.4, -0.2) is 73.3 Å². The molecule has 0 fully saturated rings. The maximum atomic E-state index is 13.2. The normalized spacial score (nSPS) is 11.5. The molecule has 0 aromatic carbocycles. The minimum absolute atomic E-state index is 0.337. The Labute approximate surface area is 333 Å². The molecule has 0 heterocycles. The zero-order valence-corrected chi connectivity index (χ0v) is 37.1. The molecule has 53 heavy (non-hydrogen) atoms. The monoisotopic (exact) mass is 748 g/mol. The lowest BCUT2D eigenvalue weighted by Crippen LogP contribution is -2.32. The third kappa shape index (κ3) is 37.6. The lowest BCUT2D eigenvalue weighted by Gasteiger charge is -2.23. The molecule has 0 radical (unpaired) electrons. The third-order valence-electron chi connectivity index (χ3n) is 11.5. The summed E-state index contributed by atoms with van der Waals surface area (Å²) < 4.78 is 0. The van der Waals surface area contributed by atoms with Gasteiger partial charge in [-0.05, 0) is 65.1 Å². The lowest BCUT2D eigenvalue weighted by molar-refractivity contribution is -0.131. The first kappa shape index (κ1) is 51.9. The summed E-state index contributed by atoms with van der Waals surface area (Å²) in [6.45, 7) is 12.1. The first-order chi connectivity index (χ1) is 26.0. The summed E-state index contributed by atoms with van der Waals surface area (Å²) in [5.74, 6) is 0.757. The van der Waals surface area contributed by atoms with E-state index in [1.807, 2.05) is 11.9 Å². The van der Waals surface area contributed by atoms with E-state index in [1.54, 1.807) is 0 Å². The van der Waals surface area contributed by atoms with Crippen LogP contribution >= 0.6 is 0 Å². The van der Waals surface area contributed by atoms with Crippen molar-refractivity contribution < 1.29 is 9.59 Å². The van der Waals surface area contributed by atoms with Gasteiger partial charge in [0.2, 0.25) is 11.8 Å². The van der Waals surface area contributed by atoms with Crippen LogP contribution < -0.4 is 0 Å². The van der Waals surface area contributed by atoms with Crippen LogP contribution in [0.4, 0.5) is 0 Å². The minimum Gasteiger partial charge on any atom is -0.346 e. The summed E-state index contributed by atoms with van der Waals surface area (Å²) in [4.78, 5) is 32.4. The maximum absolute atomic E-state index is 13.2. The number of hydrogen-bond donors (Lipinski definition) is 0. The fourth-order valence-electron chi connectivity index (χ4n) is 7.68. The summed E-state index contributed by atoms with van der Waals surface area (Å²) in [6.07, 6.45) is 45.3. The molecule has 0 N–H and O–H groups in total. The summed E-state index contributed by atoms with van der Waals surface area (Å²) in [7, 11) is 4.26. The molecule has 0 saturated carbocycles. The number of rotatable bonds is 43. The highest BCUT2D eigenvalue weighted by Gasteiger charge is 2.13. The number of carbonyl (C=O) groups excluding carboxylic acids is 2. The molecule has 2 amide bonds. The highest BCUT2D eigenvalue weighted by Crippen LogP contribution is 2.15. The average Bonchev–Trinajstić information content (AvgIpc) is 3.15. The van der Waals surface area contributed by atoms with Crippen molar-refractivity contribution in [1.29, 1.82) is 0 Å². The van der Waals surface area contributed by atoms with Crippen molar-refractivity contribution in [2.24, 2.45) is 0 Å². The zero-order valence-electron chi connectivity index (χ0n) is 37.1. The van der Waals surface area contributed by atoms with Crippen molar-refractivity contribution in [2.45, 2.75) is 252 Å². The highest BCUT2D eigenvalue weighted by atomic mass is 16.2. The van der Waals surface area contributed by atoms with Gasteiger partial charge in [-0.1, -0.05) is 194 Å². The van der Waals surface area contributed by atoms with Gasteiger partial charge in [-0.3, -0.25) is 9.59 Å². The van der Waals surface area contributed by atoms with Crippen LogP contribution in [0.3, 0.4) is 0 Å². The van der Waals surface area contributed by atoms with Crippen molar-refractivity contribution >= 4 is 11.8 Å². The summed E-state index contributed by atoms with van der Waals surface area (Å²) in [5, 5.41) is 0. The molecule has 5 nitrogen and oxygen atoms in total. The number of hydrogen-bond acceptors (Lipinski definition) is 3. The molecule has 0 aliphatic carbocycles. The number of amides is 2. The molecule has 0 aliphatic heterocycles. The number of nitrogens with zero attached hydrogens (tertiary/aromatic N) is 3.